The van der Waals surface area contributed by atoms with Crippen LogP contribution in [0.3, 0.4) is 0 Å². The Kier molecular flexibility index (Phi) is 19.4. The normalized spacial score (nSPS) is 12.7. The Morgan fingerprint density at radius 1 is 0.750 bits per heavy atom. The van der Waals surface area contributed by atoms with Gasteiger partial charge in [-0.3, -0.25) is 0 Å². The van der Waals surface area contributed by atoms with Crippen LogP contribution in [0.25, 0.3) is 0 Å². The highest BCUT2D eigenvalue weighted by Crippen LogP contribution is 2.28. The van der Waals surface area contributed by atoms with Gasteiger partial charge in [0.2, 0.25) is 12.2 Å². The number of nitrogens with one attached hydrogen (secondary N) is 1. The summed E-state index contributed by atoms with van der Waals surface area (Å²) in [6, 6.07) is 16.6. The van der Waals surface area contributed by atoms with Crippen molar-refractivity contribution in [2.75, 3.05) is 0 Å². The monoisotopic (exact) mass is 829 g/mol. The SMILES string of the molecule is CC(C)OC(=O)C(Cc1ncccn1)OC(=O)N[C@@H](C)c1ccc(Cl)c(Cl)c1.C[C@H](N)c1ccc(Cl)c(Cl)c1.C[C@H](N=C=O)c1ccc(Cl)c(Cl)c1. The van der Waals surface area contributed by atoms with Gasteiger partial charge in [0.1, 0.15) is 5.82 Å². The molecule has 4 aromatic rings. The molecular formula is C36H37Cl6N5O5. The van der Waals surface area contributed by atoms with E-state index in [1.807, 2.05) is 13.0 Å². The molecule has 1 unspecified atom stereocenters. The predicted molar refractivity (Wildman–Crippen MR) is 207 cm³/mol. The maximum absolute atomic E-state index is 12.3. The Hall–Kier alpha value is -3.44. The molecule has 0 saturated heterocycles. The molecule has 3 aromatic carbocycles. The third-order valence-corrected chi connectivity index (χ3v) is 8.99. The fourth-order valence-corrected chi connectivity index (χ4v) is 4.93. The zero-order valence-electron chi connectivity index (χ0n) is 28.8. The van der Waals surface area contributed by atoms with Gasteiger partial charge < -0.3 is 20.5 Å². The predicted octanol–water partition coefficient (Wildman–Crippen LogP) is 10.5. The fraction of sp³-hybridized carbons (Fsp3) is 0.306. The molecule has 1 amide bonds. The number of aromatic nitrogens is 2. The summed E-state index contributed by atoms with van der Waals surface area (Å²) in [5.74, 6) is -0.307. The summed E-state index contributed by atoms with van der Waals surface area (Å²) >= 11 is 34.9. The van der Waals surface area contributed by atoms with Crippen molar-refractivity contribution in [1.82, 2.24) is 15.3 Å². The number of nitrogens with two attached hydrogens (primary N) is 1. The summed E-state index contributed by atoms with van der Waals surface area (Å²) in [6.07, 6.45) is 2.28. The van der Waals surface area contributed by atoms with Crippen LogP contribution >= 0.6 is 69.6 Å². The highest BCUT2D eigenvalue weighted by atomic mass is 35.5. The van der Waals surface area contributed by atoms with E-state index in [0.717, 1.165) is 16.7 Å². The number of halogens is 6. The van der Waals surface area contributed by atoms with Crippen molar-refractivity contribution in [3.8, 4) is 0 Å². The first-order chi connectivity index (χ1) is 24.5. The number of isocyanates is 1. The molecular weight excluding hydrogens is 795 g/mol. The second kappa shape index (κ2) is 22.6. The van der Waals surface area contributed by atoms with Gasteiger partial charge in [-0.1, -0.05) is 87.8 Å². The first-order valence-corrected chi connectivity index (χ1v) is 17.9. The van der Waals surface area contributed by atoms with Crippen LogP contribution in [0.15, 0.2) is 78.0 Å². The second-order valence-electron chi connectivity index (χ2n) is 11.3. The van der Waals surface area contributed by atoms with E-state index >= 15 is 0 Å². The quantitative estimate of drug-likeness (QED) is 0.0912. The molecule has 278 valence electrons. The van der Waals surface area contributed by atoms with Gasteiger partial charge in [-0.2, -0.15) is 4.99 Å². The van der Waals surface area contributed by atoms with Gasteiger partial charge in [0.25, 0.3) is 0 Å². The van der Waals surface area contributed by atoms with Crippen LogP contribution in [0.5, 0.6) is 0 Å². The molecule has 52 heavy (non-hydrogen) atoms. The summed E-state index contributed by atoms with van der Waals surface area (Å²) in [4.78, 5) is 46.3. The molecule has 0 fully saturated rings. The Bertz CT molecular complexity index is 1830. The molecule has 4 rings (SSSR count). The van der Waals surface area contributed by atoms with Gasteiger partial charge in [-0.25, -0.2) is 24.4 Å². The smallest absolute Gasteiger partial charge is 0.408 e. The summed E-state index contributed by atoms with van der Waals surface area (Å²) in [5.41, 5.74) is 8.21. The number of carbonyl (C=O) groups is 2. The maximum atomic E-state index is 12.3. The number of hydrogen-bond donors (Lipinski definition) is 2. The van der Waals surface area contributed by atoms with Gasteiger partial charge in [-0.05, 0) is 93.8 Å². The van der Waals surface area contributed by atoms with E-state index in [9.17, 15) is 14.4 Å². The first kappa shape index (κ1) is 44.7. The lowest BCUT2D eigenvalue weighted by atomic mass is 10.1. The van der Waals surface area contributed by atoms with Crippen LogP contribution < -0.4 is 11.1 Å². The Labute approximate surface area is 332 Å². The summed E-state index contributed by atoms with van der Waals surface area (Å²) in [5, 5.41) is 5.53. The summed E-state index contributed by atoms with van der Waals surface area (Å²) in [6.45, 7) is 8.85. The number of ether oxygens (including phenoxy) is 2. The number of benzene rings is 3. The van der Waals surface area contributed by atoms with Crippen LogP contribution in [0.4, 0.5) is 4.79 Å². The van der Waals surface area contributed by atoms with Gasteiger partial charge in [-0.15, -0.1) is 0 Å². The van der Waals surface area contributed by atoms with E-state index in [0.29, 0.717) is 36.0 Å². The summed E-state index contributed by atoms with van der Waals surface area (Å²) < 4.78 is 10.5. The molecule has 0 aliphatic carbocycles. The van der Waals surface area contributed by atoms with Crippen molar-refractivity contribution in [1.29, 1.82) is 0 Å². The number of amides is 1. The van der Waals surface area contributed by atoms with Gasteiger partial charge in [0, 0.05) is 18.4 Å². The number of esters is 1. The lowest BCUT2D eigenvalue weighted by Gasteiger charge is -2.20. The van der Waals surface area contributed by atoms with Gasteiger partial charge in [0.15, 0.2) is 0 Å². The van der Waals surface area contributed by atoms with Crippen LogP contribution in [-0.4, -0.2) is 40.3 Å². The minimum Gasteiger partial charge on any atom is -0.460 e. The molecule has 10 nitrogen and oxygen atoms in total. The third-order valence-electron chi connectivity index (χ3n) is 6.77. The number of alkyl carbamates (subject to hydrolysis) is 1. The van der Waals surface area contributed by atoms with Crippen LogP contribution in [0.2, 0.25) is 30.1 Å². The lowest BCUT2D eigenvalue weighted by Crippen LogP contribution is -2.38. The zero-order chi connectivity index (χ0) is 39.0. The average Bonchev–Trinajstić information content (AvgIpc) is 3.09. The largest absolute Gasteiger partial charge is 0.460 e. The van der Waals surface area contributed by atoms with E-state index in [1.54, 1.807) is 94.7 Å². The molecule has 1 aromatic heterocycles. The lowest BCUT2D eigenvalue weighted by molar-refractivity contribution is -0.157. The van der Waals surface area contributed by atoms with Crippen LogP contribution in [-0.2, 0) is 25.5 Å². The van der Waals surface area contributed by atoms with E-state index in [-0.39, 0.29) is 24.6 Å². The van der Waals surface area contributed by atoms with Crippen molar-refractivity contribution in [3.63, 3.8) is 0 Å². The molecule has 0 saturated carbocycles. The Morgan fingerprint density at radius 3 is 1.71 bits per heavy atom. The fourth-order valence-electron chi connectivity index (χ4n) is 4.01. The third kappa shape index (κ3) is 15.7. The highest BCUT2D eigenvalue weighted by Gasteiger charge is 2.27. The van der Waals surface area contributed by atoms with Crippen LogP contribution in [0, 0.1) is 0 Å². The minimum absolute atomic E-state index is 0.000960. The number of carbonyl (C=O) groups excluding carboxylic acids is 3. The molecule has 16 heteroatoms. The Balaban J connectivity index is 0.000000320. The van der Waals surface area contributed by atoms with Crippen molar-refractivity contribution >= 4 is 87.7 Å². The first-order valence-electron chi connectivity index (χ1n) is 15.6. The summed E-state index contributed by atoms with van der Waals surface area (Å²) in [7, 11) is 0. The molecule has 0 aliphatic rings. The van der Waals surface area contributed by atoms with E-state index in [4.69, 9.17) is 84.8 Å². The van der Waals surface area contributed by atoms with Crippen molar-refractivity contribution in [2.45, 2.75) is 71.4 Å². The van der Waals surface area contributed by atoms with Gasteiger partial charge in [0.05, 0.1) is 54.7 Å². The molecule has 4 atom stereocenters. The van der Waals surface area contributed by atoms with Crippen molar-refractivity contribution < 1.29 is 23.9 Å². The number of nitrogens with zero attached hydrogens (tertiary/aromatic N) is 3. The van der Waals surface area contributed by atoms with E-state index in [2.05, 4.69) is 20.3 Å². The van der Waals surface area contributed by atoms with Crippen LogP contribution in [0.1, 0.15) is 75.3 Å². The zero-order valence-corrected chi connectivity index (χ0v) is 33.3. The molecule has 0 aliphatic heterocycles. The highest BCUT2D eigenvalue weighted by molar-refractivity contribution is 6.43. The minimum atomic E-state index is -1.18. The molecule has 0 bridgehead atoms. The van der Waals surface area contributed by atoms with E-state index in [1.165, 1.54) is 6.08 Å². The van der Waals surface area contributed by atoms with E-state index < -0.39 is 24.2 Å². The van der Waals surface area contributed by atoms with Crippen molar-refractivity contribution in [3.05, 3.63) is 126 Å². The number of aliphatic imine (C=N–C) groups is 1. The molecule has 0 radical (unpaired) electrons. The molecule has 0 spiro atoms. The topological polar surface area (TPSA) is 146 Å². The van der Waals surface area contributed by atoms with Crippen molar-refractivity contribution in [2.24, 2.45) is 10.7 Å². The number of rotatable bonds is 10. The number of hydrogen-bond acceptors (Lipinski definition) is 9. The Morgan fingerprint density at radius 2 is 1.23 bits per heavy atom. The maximum Gasteiger partial charge on any atom is 0.408 e. The molecule has 1 heterocycles. The standard InChI is InChI=1S/C19H21Cl2N3O4.C9H7Cl2NO.C8H9Cl2N/c1-11(2)27-18(25)16(10-17-22-7-4-8-23-17)28-19(26)24-12(3)13-5-6-14(20)15(21)9-13;1-6(12-5-13)7-2-3-8(10)9(11)4-7;1-5(11)6-2-3-7(9)8(10)4-6/h4-9,11-12,16H,10H2,1-3H3,(H,24,26);2-4,6H,1H3;2-5H,11H2,1H3/t12-,16?;6-;5-/m000/s1. The molecule has 3 N–H and O–H groups in total. The average molecular weight is 832 g/mol. The van der Waals surface area contributed by atoms with Gasteiger partial charge >= 0.3 is 12.1 Å². The second-order valence-corrected chi connectivity index (χ2v) is 13.8.